The number of halogens is 1. The summed E-state index contributed by atoms with van der Waals surface area (Å²) in [6, 6.07) is 12.9. The molecule has 0 radical (unpaired) electrons. The van der Waals surface area contributed by atoms with E-state index in [0.29, 0.717) is 12.4 Å². The van der Waals surface area contributed by atoms with Crippen LogP contribution in [0.2, 0.25) is 0 Å². The zero-order chi connectivity index (χ0) is 19.6. The molecular formula is C22H22FN3O2S. The van der Waals surface area contributed by atoms with Crippen molar-refractivity contribution in [1.29, 1.82) is 0 Å². The number of nitrogens with zero attached hydrogens (tertiary/aromatic N) is 3. The summed E-state index contributed by atoms with van der Waals surface area (Å²) in [6.07, 6.45) is 4.02. The van der Waals surface area contributed by atoms with Crippen molar-refractivity contribution in [3.05, 3.63) is 70.8 Å². The van der Waals surface area contributed by atoms with Crippen molar-refractivity contribution in [2.24, 2.45) is 0 Å². The van der Waals surface area contributed by atoms with Crippen LogP contribution in [0, 0.1) is 5.82 Å². The van der Waals surface area contributed by atoms with Crippen LogP contribution in [-0.4, -0.2) is 14.8 Å². The molecule has 0 amide bonds. The highest BCUT2D eigenvalue weighted by Gasteiger charge is 2.25. The molecule has 150 valence electrons. The van der Waals surface area contributed by atoms with E-state index in [9.17, 15) is 4.39 Å². The summed E-state index contributed by atoms with van der Waals surface area (Å²) in [7, 11) is 0. The van der Waals surface area contributed by atoms with Crippen LogP contribution in [0.15, 0.2) is 47.6 Å². The zero-order valence-corrected chi connectivity index (χ0v) is 16.8. The van der Waals surface area contributed by atoms with Crippen molar-refractivity contribution in [2.45, 2.75) is 56.0 Å². The minimum Gasteiger partial charge on any atom is -0.460 e. The number of hydrogen-bond acceptors (Lipinski definition) is 5. The van der Waals surface area contributed by atoms with Gasteiger partial charge in [0.15, 0.2) is 5.16 Å². The Morgan fingerprint density at radius 2 is 2.00 bits per heavy atom. The summed E-state index contributed by atoms with van der Waals surface area (Å²) in [4.78, 5) is 0. The SMILES string of the molecule is Fc1cc2c(c(CSc3nnc4n3CCCCC4)c1)O[C@@H](c1ccccc1)OC2. The van der Waals surface area contributed by atoms with Crippen LogP contribution >= 0.6 is 11.8 Å². The molecule has 0 saturated heterocycles. The van der Waals surface area contributed by atoms with E-state index in [1.807, 2.05) is 30.3 Å². The van der Waals surface area contributed by atoms with Gasteiger partial charge in [0.05, 0.1) is 6.61 Å². The van der Waals surface area contributed by atoms with E-state index < -0.39 is 6.29 Å². The first-order chi connectivity index (χ1) is 14.3. The Morgan fingerprint density at radius 3 is 2.90 bits per heavy atom. The summed E-state index contributed by atoms with van der Waals surface area (Å²) in [5, 5.41) is 9.62. The lowest BCUT2D eigenvalue weighted by Crippen LogP contribution is -2.19. The average molecular weight is 412 g/mol. The average Bonchev–Trinajstić information content (AvgIpc) is 2.98. The predicted octanol–water partition coefficient (Wildman–Crippen LogP) is 5.04. The normalized spacial score (nSPS) is 18.4. The summed E-state index contributed by atoms with van der Waals surface area (Å²) in [5.41, 5.74) is 2.51. The van der Waals surface area contributed by atoms with Crippen LogP contribution in [0.5, 0.6) is 5.75 Å². The molecule has 5 rings (SSSR count). The van der Waals surface area contributed by atoms with Gasteiger partial charge in [0.2, 0.25) is 6.29 Å². The molecule has 0 bridgehead atoms. The third-order valence-electron chi connectivity index (χ3n) is 5.33. The van der Waals surface area contributed by atoms with Gasteiger partial charge < -0.3 is 14.0 Å². The van der Waals surface area contributed by atoms with E-state index in [4.69, 9.17) is 9.47 Å². The molecule has 1 aromatic heterocycles. The lowest BCUT2D eigenvalue weighted by Gasteiger charge is -2.28. The van der Waals surface area contributed by atoms with Crippen LogP contribution in [-0.2, 0) is 30.1 Å². The Kier molecular flexibility index (Phi) is 5.24. The van der Waals surface area contributed by atoms with Gasteiger partial charge in [-0.2, -0.15) is 0 Å². The molecule has 2 aliphatic heterocycles. The summed E-state index contributed by atoms with van der Waals surface area (Å²) in [6.45, 7) is 1.27. The number of benzene rings is 2. The van der Waals surface area contributed by atoms with E-state index in [0.717, 1.165) is 59.2 Å². The highest BCUT2D eigenvalue weighted by atomic mass is 32.2. The second kappa shape index (κ2) is 8.16. The summed E-state index contributed by atoms with van der Waals surface area (Å²) >= 11 is 1.58. The van der Waals surface area contributed by atoms with Crippen LogP contribution in [0.25, 0.3) is 0 Å². The fourth-order valence-corrected chi connectivity index (χ4v) is 4.82. The van der Waals surface area contributed by atoms with Crippen LogP contribution in [0.3, 0.4) is 0 Å². The molecule has 2 aliphatic rings. The number of aryl methyl sites for hydroxylation is 1. The van der Waals surface area contributed by atoms with E-state index >= 15 is 0 Å². The van der Waals surface area contributed by atoms with Crippen molar-refractivity contribution in [1.82, 2.24) is 14.8 Å². The van der Waals surface area contributed by atoms with Gasteiger partial charge in [0.25, 0.3) is 0 Å². The number of aromatic nitrogens is 3. The molecule has 3 heterocycles. The van der Waals surface area contributed by atoms with Gasteiger partial charge >= 0.3 is 0 Å². The second-order valence-electron chi connectivity index (χ2n) is 7.37. The van der Waals surface area contributed by atoms with Gasteiger partial charge in [-0.05, 0) is 25.0 Å². The van der Waals surface area contributed by atoms with Gasteiger partial charge in [-0.3, -0.25) is 0 Å². The molecule has 0 spiro atoms. The number of rotatable bonds is 4. The molecule has 29 heavy (non-hydrogen) atoms. The Hall–Kier alpha value is -2.38. The molecule has 3 aromatic rings. The highest BCUT2D eigenvalue weighted by molar-refractivity contribution is 7.98. The fraction of sp³-hybridized carbons (Fsp3) is 0.364. The molecule has 5 nitrogen and oxygen atoms in total. The first-order valence-electron chi connectivity index (χ1n) is 9.97. The third kappa shape index (κ3) is 3.89. The molecule has 0 unspecified atom stereocenters. The Labute approximate surface area is 173 Å². The Morgan fingerprint density at radius 1 is 1.10 bits per heavy atom. The molecule has 0 saturated carbocycles. The van der Waals surface area contributed by atoms with Crippen LogP contribution < -0.4 is 4.74 Å². The smallest absolute Gasteiger partial charge is 0.227 e. The quantitative estimate of drug-likeness (QED) is 0.563. The maximum Gasteiger partial charge on any atom is 0.227 e. The molecule has 0 N–H and O–H groups in total. The van der Waals surface area contributed by atoms with E-state index in [2.05, 4.69) is 14.8 Å². The van der Waals surface area contributed by atoms with Crippen LogP contribution in [0.1, 0.15) is 48.1 Å². The van der Waals surface area contributed by atoms with Crippen molar-refractivity contribution in [2.75, 3.05) is 0 Å². The predicted molar refractivity (Wildman–Crippen MR) is 108 cm³/mol. The van der Waals surface area contributed by atoms with Gasteiger partial charge in [0.1, 0.15) is 17.4 Å². The summed E-state index contributed by atoms with van der Waals surface area (Å²) in [5.74, 6) is 2.07. The van der Waals surface area contributed by atoms with Gasteiger partial charge in [-0.1, -0.05) is 48.5 Å². The fourth-order valence-electron chi connectivity index (χ4n) is 3.87. The van der Waals surface area contributed by atoms with E-state index in [1.165, 1.54) is 12.5 Å². The first-order valence-corrected chi connectivity index (χ1v) is 11.0. The van der Waals surface area contributed by atoms with Gasteiger partial charge in [-0.25, -0.2) is 4.39 Å². The van der Waals surface area contributed by atoms with Crippen molar-refractivity contribution in [3.63, 3.8) is 0 Å². The summed E-state index contributed by atoms with van der Waals surface area (Å²) < 4.78 is 28.4. The van der Waals surface area contributed by atoms with Crippen molar-refractivity contribution >= 4 is 11.8 Å². The van der Waals surface area contributed by atoms with Crippen LogP contribution in [0.4, 0.5) is 4.39 Å². The number of fused-ring (bicyclic) bond motifs is 2. The van der Waals surface area contributed by atoms with Crippen molar-refractivity contribution < 1.29 is 13.9 Å². The topological polar surface area (TPSA) is 49.2 Å². The lowest BCUT2D eigenvalue weighted by molar-refractivity contribution is -0.112. The zero-order valence-electron chi connectivity index (χ0n) is 16.0. The minimum absolute atomic E-state index is 0.273. The third-order valence-corrected chi connectivity index (χ3v) is 6.34. The largest absolute Gasteiger partial charge is 0.460 e. The number of hydrogen-bond donors (Lipinski definition) is 0. The Bertz CT molecular complexity index is 1010. The lowest BCUT2D eigenvalue weighted by atomic mass is 10.1. The Balaban J connectivity index is 1.39. The minimum atomic E-state index is -0.484. The molecule has 0 fully saturated rings. The maximum atomic E-state index is 14.2. The highest BCUT2D eigenvalue weighted by Crippen LogP contribution is 2.39. The molecule has 0 aliphatic carbocycles. The second-order valence-corrected chi connectivity index (χ2v) is 8.32. The number of thioether (sulfide) groups is 1. The van der Waals surface area contributed by atoms with E-state index in [1.54, 1.807) is 17.8 Å². The molecule has 1 atom stereocenters. The molecule has 2 aromatic carbocycles. The van der Waals surface area contributed by atoms with Gasteiger partial charge in [-0.15, -0.1) is 10.2 Å². The maximum absolute atomic E-state index is 14.2. The molecule has 7 heteroatoms. The standard InChI is InChI=1S/C22H22FN3O2S/c23-18-11-16-13-27-21(15-7-3-1-4-8-15)28-20(16)17(12-18)14-29-22-25-24-19-9-5-2-6-10-26(19)22/h1,3-4,7-8,11-12,21H,2,5-6,9-10,13-14H2/t21-/m0/s1. The monoisotopic (exact) mass is 411 g/mol. The number of ether oxygens (including phenoxy) is 2. The van der Waals surface area contributed by atoms with Crippen molar-refractivity contribution in [3.8, 4) is 5.75 Å². The first kappa shape index (κ1) is 18.6. The molecular weight excluding hydrogens is 389 g/mol. The van der Waals surface area contributed by atoms with E-state index in [-0.39, 0.29) is 5.82 Å². The van der Waals surface area contributed by atoms with Gasteiger partial charge in [0, 0.05) is 35.4 Å².